The van der Waals surface area contributed by atoms with Crippen LogP contribution in [0.15, 0.2) is 29.2 Å². The highest BCUT2D eigenvalue weighted by Gasteiger charge is 2.29. The molecule has 0 unspecified atom stereocenters. The maximum absolute atomic E-state index is 11.5. The standard InChI is InChI=1S/C14H17ClN2O2S/c15-11-5-7-12(8-6-11)20-9-1-2-13(18)16-17-14(19)10-3-4-10/h5-8,10H,1-4,9H2,(H,16,18)(H,17,19). The van der Waals surface area contributed by atoms with Crippen LogP contribution in [0.25, 0.3) is 0 Å². The van der Waals surface area contributed by atoms with Gasteiger partial charge >= 0.3 is 0 Å². The van der Waals surface area contributed by atoms with Crippen molar-refractivity contribution in [1.82, 2.24) is 10.9 Å². The van der Waals surface area contributed by atoms with E-state index in [0.29, 0.717) is 6.42 Å². The summed E-state index contributed by atoms with van der Waals surface area (Å²) < 4.78 is 0. The summed E-state index contributed by atoms with van der Waals surface area (Å²) in [6, 6.07) is 7.62. The normalized spacial score (nSPS) is 13.8. The lowest BCUT2D eigenvalue weighted by Crippen LogP contribution is -2.42. The van der Waals surface area contributed by atoms with Crippen LogP contribution in [-0.2, 0) is 9.59 Å². The number of halogens is 1. The summed E-state index contributed by atoms with van der Waals surface area (Å²) in [6.45, 7) is 0. The number of benzene rings is 1. The molecule has 0 radical (unpaired) electrons. The zero-order chi connectivity index (χ0) is 14.4. The van der Waals surface area contributed by atoms with Crippen LogP contribution >= 0.6 is 23.4 Å². The molecule has 2 rings (SSSR count). The molecule has 4 nitrogen and oxygen atoms in total. The van der Waals surface area contributed by atoms with Gasteiger partial charge in [-0.2, -0.15) is 0 Å². The summed E-state index contributed by atoms with van der Waals surface area (Å²) in [5.41, 5.74) is 4.89. The lowest BCUT2D eigenvalue weighted by Gasteiger charge is -2.06. The number of hydrazine groups is 1. The largest absolute Gasteiger partial charge is 0.273 e. The predicted molar refractivity (Wildman–Crippen MR) is 80.4 cm³/mol. The first-order chi connectivity index (χ1) is 9.65. The second kappa shape index (κ2) is 7.55. The predicted octanol–water partition coefficient (Wildman–Crippen LogP) is 2.77. The van der Waals surface area contributed by atoms with E-state index in [4.69, 9.17) is 11.6 Å². The Morgan fingerprint density at radius 3 is 2.55 bits per heavy atom. The molecular weight excluding hydrogens is 296 g/mol. The molecule has 1 fully saturated rings. The molecule has 0 spiro atoms. The highest BCUT2D eigenvalue weighted by Crippen LogP contribution is 2.28. The molecule has 1 aromatic rings. The van der Waals surface area contributed by atoms with Crippen molar-refractivity contribution in [2.75, 3.05) is 5.75 Å². The van der Waals surface area contributed by atoms with Crippen LogP contribution in [-0.4, -0.2) is 17.6 Å². The Kier molecular flexibility index (Phi) is 5.73. The number of thioether (sulfide) groups is 1. The van der Waals surface area contributed by atoms with Gasteiger partial charge in [0.1, 0.15) is 0 Å². The van der Waals surface area contributed by atoms with Crippen LogP contribution < -0.4 is 10.9 Å². The van der Waals surface area contributed by atoms with Crippen LogP contribution in [0.4, 0.5) is 0 Å². The van der Waals surface area contributed by atoms with Gasteiger partial charge in [-0.15, -0.1) is 11.8 Å². The first kappa shape index (κ1) is 15.2. The molecule has 0 aliphatic heterocycles. The summed E-state index contributed by atoms with van der Waals surface area (Å²) in [6.07, 6.45) is 3.03. The molecule has 108 valence electrons. The van der Waals surface area contributed by atoms with Crippen molar-refractivity contribution in [3.63, 3.8) is 0 Å². The zero-order valence-corrected chi connectivity index (χ0v) is 12.6. The summed E-state index contributed by atoms with van der Waals surface area (Å²) in [4.78, 5) is 23.9. The number of carbonyl (C=O) groups is 2. The molecule has 1 saturated carbocycles. The third-order valence-electron chi connectivity index (χ3n) is 2.90. The summed E-state index contributed by atoms with van der Waals surface area (Å²) >= 11 is 7.49. The Morgan fingerprint density at radius 2 is 1.90 bits per heavy atom. The molecule has 6 heteroatoms. The third-order valence-corrected chi connectivity index (χ3v) is 4.25. The van der Waals surface area contributed by atoms with E-state index < -0.39 is 0 Å². The van der Waals surface area contributed by atoms with Crippen LogP contribution in [0.3, 0.4) is 0 Å². The molecule has 0 heterocycles. The zero-order valence-electron chi connectivity index (χ0n) is 11.0. The van der Waals surface area contributed by atoms with E-state index in [9.17, 15) is 9.59 Å². The number of rotatable bonds is 6. The lowest BCUT2D eigenvalue weighted by atomic mass is 10.3. The smallest absolute Gasteiger partial charge is 0.241 e. The molecule has 1 aliphatic rings. The Labute approximate surface area is 127 Å². The Hall–Kier alpha value is -1.20. The van der Waals surface area contributed by atoms with Crippen molar-refractivity contribution in [3.8, 4) is 0 Å². The van der Waals surface area contributed by atoms with Gasteiger partial charge in [-0.25, -0.2) is 0 Å². The minimum absolute atomic E-state index is 0.0751. The third kappa shape index (κ3) is 5.43. The van der Waals surface area contributed by atoms with Crippen LogP contribution in [0, 0.1) is 5.92 Å². The van der Waals surface area contributed by atoms with E-state index in [1.807, 2.05) is 24.3 Å². The summed E-state index contributed by atoms with van der Waals surface area (Å²) in [5.74, 6) is 0.742. The molecule has 2 amide bonds. The highest BCUT2D eigenvalue weighted by molar-refractivity contribution is 7.99. The van der Waals surface area contributed by atoms with Crippen molar-refractivity contribution < 1.29 is 9.59 Å². The van der Waals surface area contributed by atoms with Gasteiger partial charge < -0.3 is 0 Å². The average molecular weight is 313 g/mol. The Bertz CT molecular complexity index is 475. The molecule has 1 aromatic carbocycles. The topological polar surface area (TPSA) is 58.2 Å². The number of nitrogens with one attached hydrogen (secondary N) is 2. The number of hydrogen-bond donors (Lipinski definition) is 2. The van der Waals surface area contributed by atoms with E-state index in [1.165, 1.54) is 0 Å². The van der Waals surface area contributed by atoms with E-state index in [1.54, 1.807) is 11.8 Å². The number of amides is 2. The molecule has 20 heavy (non-hydrogen) atoms. The van der Waals surface area contributed by atoms with Gasteiger partial charge in [0.2, 0.25) is 11.8 Å². The second-order valence-corrected chi connectivity index (χ2v) is 6.32. The molecular formula is C14H17ClN2O2S. The maximum atomic E-state index is 11.5. The van der Waals surface area contributed by atoms with Gasteiger partial charge in [-0.1, -0.05) is 11.6 Å². The van der Waals surface area contributed by atoms with E-state index >= 15 is 0 Å². The summed E-state index contributed by atoms with van der Waals surface area (Å²) in [7, 11) is 0. The van der Waals surface area contributed by atoms with Crippen molar-refractivity contribution in [2.24, 2.45) is 5.92 Å². The Morgan fingerprint density at radius 1 is 1.20 bits per heavy atom. The molecule has 0 saturated heterocycles. The van der Waals surface area contributed by atoms with Gasteiger partial charge in [-0.3, -0.25) is 20.4 Å². The highest BCUT2D eigenvalue weighted by atomic mass is 35.5. The maximum Gasteiger partial charge on any atom is 0.241 e. The monoisotopic (exact) mass is 312 g/mol. The molecule has 0 atom stereocenters. The first-order valence-electron chi connectivity index (χ1n) is 6.62. The fourth-order valence-corrected chi connectivity index (χ4v) is 2.57. The minimum atomic E-state index is -0.143. The summed E-state index contributed by atoms with van der Waals surface area (Å²) in [5, 5.41) is 0.722. The van der Waals surface area contributed by atoms with Gasteiger partial charge in [0.25, 0.3) is 0 Å². The lowest BCUT2D eigenvalue weighted by molar-refractivity contribution is -0.129. The minimum Gasteiger partial charge on any atom is -0.273 e. The fourth-order valence-electron chi connectivity index (χ4n) is 1.59. The van der Waals surface area contributed by atoms with Gasteiger partial charge in [0.15, 0.2) is 0 Å². The van der Waals surface area contributed by atoms with Crippen LogP contribution in [0.1, 0.15) is 25.7 Å². The van der Waals surface area contributed by atoms with Gasteiger partial charge in [0.05, 0.1) is 0 Å². The molecule has 2 N–H and O–H groups in total. The van der Waals surface area contributed by atoms with Crippen LogP contribution in [0.5, 0.6) is 0 Å². The number of carbonyl (C=O) groups excluding carboxylic acids is 2. The number of hydrogen-bond acceptors (Lipinski definition) is 3. The average Bonchev–Trinajstić information content (AvgIpc) is 3.27. The van der Waals surface area contributed by atoms with E-state index in [-0.39, 0.29) is 17.7 Å². The SMILES string of the molecule is O=C(CCCSc1ccc(Cl)cc1)NNC(=O)C1CC1. The molecule has 0 bridgehead atoms. The van der Waals surface area contributed by atoms with Crippen molar-refractivity contribution in [1.29, 1.82) is 0 Å². The quantitative estimate of drug-likeness (QED) is 0.482. The van der Waals surface area contributed by atoms with E-state index in [0.717, 1.165) is 34.9 Å². The van der Waals surface area contributed by atoms with E-state index in [2.05, 4.69) is 10.9 Å². The van der Waals surface area contributed by atoms with Crippen LogP contribution in [0.2, 0.25) is 5.02 Å². The Balaban J connectivity index is 1.54. The van der Waals surface area contributed by atoms with Gasteiger partial charge in [-0.05, 0) is 49.3 Å². The van der Waals surface area contributed by atoms with Crippen molar-refractivity contribution >= 4 is 35.2 Å². The van der Waals surface area contributed by atoms with Gasteiger partial charge in [0, 0.05) is 22.3 Å². The molecule has 0 aromatic heterocycles. The first-order valence-corrected chi connectivity index (χ1v) is 7.98. The second-order valence-electron chi connectivity index (χ2n) is 4.72. The van der Waals surface area contributed by atoms with Crippen molar-refractivity contribution in [2.45, 2.75) is 30.6 Å². The van der Waals surface area contributed by atoms with Crippen molar-refractivity contribution in [3.05, 3.63) is 29.3 Å². The fraction of sp³-hybridized carbons (Fsp3) is 0.429. The molecule has 1 aliphatic carbocycles.